The van der Waals surface area contributed by atoms with Crippen LogP contribution in [0, 0.1) is 5.92 Å². The van der Waals surface area contributed by atoms with Gasteiger partial charge in [-0.1, -0.05) is 24.4 Å². The van der Waals surface area contributed by atoms with Gasteiger partial charge >= 0.3 is 0 Å². The lowest BCUT2D eigenvalue weighted by Crippen LogP contribution is -2.27. The first kappa shape index (κ1) is 11.4. The van der Waals surface area contributed by atoms with Crippen LogP contribution in [0.5, 0.6) is 0 Å². The summed E-state index contributed by atoms with van der Waals surface area (Å²) in [5, 5.41) is 0. The first-order valence-electron chi connectivity index (χ1n) is 5.86. The lowest BCUT2D eigenvalue weighted by Gasteiger charge is -2.25. The highest BCUT2D eigenvalue weighted by atomic mass is 32.1. The number of nitrogens with two attached hydrogens (primary N) is 1. The Morgan fingerprint density at radius 2 is 2.12 bits per heavy atom. The molecule has 1 aromatic carbocycles. The quantitative estimate of drug-likeness (QED) is 0.794. The molecule has 0 saturated heterocycles. The first-order valence-corrected chi connectivity index (χ1v) is 6.27. The predicted octanol–water partition coefficient (Wildman–Crippen LogP) is 2.56. The van der Waals surface area contributed by atoms with Crippen molar-refractivity contribution in [3.63, 3.8) is 0 Å². The molecule has 2 rings (SSSR count). The molecule has 0 radical (unpaired) electrons. The van der Waals surface area contributed by atoms with Crippen LogP contribution in [0.25, 0.3) is 0 Å². The fourth-order valence-corrected chi connectivity index (χ4v) is 2.14. The molecule has 1 fully saturated rings. The molecule has 0 aromatic heterocycles. The molecule has 1 saturated carbocycles. The Bertz CT molecular complexity index is 385. The molecule has 0 aliphatic heterocycles. The second-order valence-electron chi connectivity index (χ2n) is 4.36. The summed E-state index contributed by atoms with van der Waals surface area (Å²) in [6.45, 7) is 4.32. The Balaban J connectivity index is 2.24. The van der Waals surface area contributed by atoms with Crippen molar-refractivity contribution in [1.82, 2.24) is 0 Å². The Morgan fingerprint density at radius 1 is 1.44 bits per heavy atom. The molecule has 0 spiro atoms. The topological polar surface area (TPSA) is 29.3 Å². The Kier molecular flexibility index (Phi) is 3.44. The lowest BCUT2D eigenvalue weighted by atomic mass is 10.1. The van der Waals surface area contributed by atoms with Gasteiger partial charge in [-0.15, -0.1) is 0 Å². The summed E-state index contributed by atoms with van der Waals surface area (Å²) in [4.78, 5) is 2.87. The molecular formula is C13H18N2S. The summed E-state index contributed by atoms with van der Waals surface area (Å²) < 4.78 is 0. The lowest BCUT2D eigenvalue weighted by molar-refractivity contribution is 0.741. The van der Waals surface area contributed by atoms with E-state index in [1.807, 2.05) is 18.2 Å². The molecule has 1 aromatic rings. The van der Waals surface area contributed by atoms with Crippen LogP contribution in [0.2, 0.25) is 0 Å². The van der Waals surface area contributed by atoms with E-state index in [-0.39, 0.29) is 0 Å². The van der Waals surface area contributed by atoms with Crippen LogP contribution in [0.1, 0.15) is 25.3 Å². The fourth-order valence-electron chi connectivity index (χ4n) is 1.97. The zero-order chi connectivity index (χ0) is 11.5. The van der Waals surface area contributed by atoms with Crippen molar-refractivity contribution >= 4 is 22.9 Å². The summed E-state index contributed by atoms with van der Waals surface area (Å²) in [7, 11) is 0. The van der Waals surface area contributed by atoms with Gasteiger partial charge < -0.3 is 10.6 Å². The van der Waals surface area contributed by atoms with Crippen LogP contribution >= 0.6 is 12.2 Å². The summed E-state index contributed by atoms with van der Waals surface area (Å²) in [6, 6.07) is 8.16. The van der Waals surface area contributed by atoms with Gasteiger partial charge in [-0.3, -0.25) is 0 Å². The second-order valence-corrected chi connectivity index (χ2v) is 4.80. The van der Waals surface area contributed by atoms with Crippen LogP contribution in [0.15, 0.2) is 24.3 Å². The summed E-state index contributed by atoms with van der Waals surface area (Å²) in [5.74, 6) is 0.874. The molecule has 2 N–H and O–H groups in total. The maximum Gasteiger partial charge on any atom is 0.106 e. The molecule has 0 unspecified atom stereocenters. The maximum atomic E-state index is 5.76. The van der Waals surface area contributed by atoms with E-state index in [2.05, 4.69) is 17.9 Å². The number of thiocarbonyl (C=S) groups is 1. The minimum absolute atomic E-state index is 0.491. The van der Waals surface area contributed by atoms with Crippen molar-refractivity contribution < 1.29 is 0 Å². The van der Waals surface area contributed by atoms with E-state index in [0.29, 0.717) is 4.99 Å². The molecule has 1 aliphatic rings. The van der Waals surface area contributed by atoms with Crippen LogP contribution < -0.4 is 10.6 Å². The smallest absolute Gasteiger partial charge is 0.106 e. The Labute approximate surface area is 102 Å². The molecule has 0 bridgehead atoms. The van der Waals surface area contributed by atoms with Gasteiger partial charge in [-0.05, 0) is 37.8 Å². The third kappa shape index (κ3) is 2.53. The highest BCUT2D eigenvalue weighted by Crippen LogP contribution is 2.32. The van der Waals surface area contributed by atoms with Crippen LogP contribution in [-0.4, -0.2) is 18.1 Å². The number of rotatable bonds is 5. The fraction of sp³-hybridized carbons (Fsp3) is 0.462. The standard InChI is InChI=1S/C13H18N2S/c1-2-15(9-10-7-8-10)12-6-4-3-5-11(12)13(14)16/h3-6,10H,2,7-9H2,1H3,(H2,14,16). The second kappa shape index (κ2) is 4.83. The van der Waals surface area contributed by atoms with Gasteiger partial charge in [-0.25, -0.2) is 0 Å². The van der Waals surface area contributed by atoms with E-state index in [1.165, 1.54) is 18.5 Å². The monoisotopic (exact) mass is 234 g/mol. The highest BCUT2D eigenvalue weighted by molar-refractivity contribution is 7.80. The number of para-hydroxylation sites is 1. The molecule has 0 atom stereocenters. The normalized spacial score (nSPS) is 14.8. The summed E-state index contributed by atoms with van der Waals surface area (Å²) in [6.07, 6.45) is 2.73. The Morgan fingerprint density at radius 3 is 2.69 bits per heavy atom. The SMILES string of the molecule is CCN(CC1CC1)c1ccccc1C(N)=S. The third-order valence-corrected chi connectivity index (χ3v) is 3.29. The minimum Gasteiger partial charge on any atom is -0.389 e. The summed E-state index contributed by atoms with van der Waals surface area (Å²) in [5.41, 5.74) is 7.94. The number of anilines is 1. The minimum atomic E-state index is 0.491. The van der Waals surface area contributed by atoms with E-state index < -0.39 is 0 Å². The van der Waals surface area contributed by atoms with Gasteiger partial charge in [0.05, 0.1) is 0 Å². The van der Waals surface area contributed by atoms with Crippen LogP contribution in [0.3, 0.4) is 0 Å². The zero-order valence-corrected chi connectivity index (χ0v) is 10.5. The van der Waals surface area contributed by atoms with E-state index in [0.717, 1.165) is 24.6 Å². The molecule has 16 heavy (non-hydrogen) atoms. The van der Waals surface area contributed by atoms with Crippen molar-refractivity contribution in [2.45, 2.75) is 19.8 Å². The largest absolute Gasteiger partial charge is 0.389 e. The van der Waals surface area contributed by atoms with Gasteiger partial charge in [0.15, 0.2) is 0 Å². The molecule has 0 amide bonds. The Hall–Kier alpha value is -1.09. The molecule has 86 valence electrons. The average molecular weight is 234 g/mol. The summed E-state index contributed by atoms with van der Waals surface area (Å²) >= 11 is 5.10. The average Bonchev–Trinajstić information content (AvgIpc) is 3.09. The molecular weight excluding hydrogens is 216 g/mol. The highest BCUT2D eigenvalue weighted by Gasteiger charge is 2.24. The number of hydrogen-bond donors (Lipinski definition) is 1. The predicted molar refractivity (Wildman–Crippen MR) is 72.9 cm³/mol. The van der Waals surface area contributed by atoms with Crippen LogP contribution in [0.4, 0.5) is 5.69 Å². The zero-order valence-electron chi connectivity index (χ0n) is 9.65. The first-order chi connectivity index (χ1) is 7.72. The van der Waals surface area contributed by atoms with E-state index >= 15 is 0 Å². The molecule has 3 heteroatoms. The van der Waals surface area contributed by atoms with Gasteiger partial charge in [0.1, 0.15) is 4.99 Å². The van der Waals surface area contributed by atoms with Crippen molar-refractivity contribution in [2.75, 3.05) is 18.0 Å². The van der Waals surface area contributed by atoms with Crippen LogP contribution in [-0.2, 0) is 0 Å². The number of hydrogen-bond acceptors (Lipinski definition) is 2. The van der Waals surface area contributed by atoms with Crippen molar-refractivity contribution in [2.24, 2.45) is 11.7 Å². The van der Waals surface area contributed by atoms with Gasteiger partial charge in [-0.2, -0.15) is 0 Å². The maximum absolute atomic E-state index is 5.76. The third-order valence-electron chi connectivity index (χ3n) is 3.07. The molecule has 0 heterocycles. The van der Waals surface area contributed by atoms with Gasteiger partial charge in [0.25, 0.3) is 0 Å². The van der Waals surface area contributed by atoms with Crippen molar-refractivity contribution in [3.05, 3.63) is 29.8 Å². The van der Waals surface area contributed by atoms with E-state index in [1.54, 1.807) is 0 Å². The molecule has 2 nitrogen and oxygen atoms in total. The van der Waals surface area contributed by atoms with E-state index in [4.69, 9.17) is 18.0 Å². The van der Waals surface area contributed by atoms with Gasteiger partial charge in [0, 0.05) is 24.3 Å². The van der Waals surface area contributed by atoms with Crippen molar-refractivity contribution in [3.8, 4) is 0 Å². The van der Waals surface area contributed by atoms with E-state index in [9.17, 15) is 0 Å². The van der Waals surface area contributed by atoms with Gasteiger partial charge in [0.2, 0.25) is 0 Å². The molecule has 1 aliphatic carbocycles. The number of nitrogens with zero attached hydrogens (tertiary/aromatic N) is 1. The van der Waals surface area contributed by atoms with Crippen molar-refractivity contribution in [1.29, 1.82) is 0 Å². The number of benzene rings is 1.